The molecule has 0 saturated carbocycles. The molecule has 4 nitrogen and oxygen atoms in total. The van der Waals surface area contributed by atoms with Crippen molar-refractivity contribution in [3.63, 3.8) is 0 Å². The van der Waals surface area contributed by atoms with Gasteiger partial charge in [-0.3, -0.25) is 0 Å². The van der Waals surface area contributed by atoms with Crippen LogP contribution >= 0.6 is 0 Å². The van der Waals surface area contributed by atoms with Gasteiger partial charge in [0, 0.05) is 24.3 Å². The van der Waals surface area contributed by atoms with Gasteiger partial charge < -0.3 is 19.7 Å². The lowest BCUT2D eigenvalue weighted by molar-refractivity contribution is 0.127. The minimum Gasteiger partial charge on any atom is -0.504 e. The molecule has 0 spiro atoms. The molecule has 0 aliphatic rings. The van der Waals surface area contributed by atoms with Gasteiger partial charge in [-0.05, 0) is 38.8 Å². The van der Waals surface area contributed by atoms with Gasteiger partial charge in [0.15, 0.2) is 11.5 Å². The third-order valence-electron chi connectivity index (χ3n) is 3.16. The van der Waals surface area contributed by atoms with Gasteiger partial charge in [-0.25, -0.2) is 0 Å². The zero-order valence-electron chi connectivity index (χ0n) is 11.5. The van der Waals surface area contributed by atoms with E-state index in [0.29, 0.717) is 37.6 Å². The van der Waals surface area contributed by atoms with Crippen LogP contribution in [0.15, 0.2) is 0 Å². The number of phenolic OH excluding ortho intramolecular Hbond substituents is 2. The molecule has 1 aromatic rings. The first-order valence-corrected chi connectivity index (χ1v) is 6.22. The normalized spacial score (nSPS) is 10.9. The van der Waals surface area contributed by atoms with Crippen LogP contribution in [-0.4, -0.2) is 23.4 Å². The molecular weight excluding hydrogens is 232 g/mol. The third kappa shape index (κ3) is 2.94. The Morgan fingerprint density at radius 2 is 1.11 bits per heavy atom. The van der Waals surface area contributed by atoms with Gasteiger partial charge in [0.25, 0.3) is 0 Å². The van der Waals surface area contributed by atoms with Gasteiger partial charge in [-0.1, -0.05) is 0 Å². The lowest BCUT2D eigenvalue weighted by Crippen LogP contribution is -2.03. The second kappa shape index (κ2) is 6.61. The largest absolute Gasteiger partial charge is 0.504 e. The molecule has 0 aliphatic carbocycles. The smallest absolute Gasteiger partial charge is 0.163 e. The Labute approximate surface area is 108 Å². The van der Waals surface area contributed by atoms with Crippen molar-refractivity contribution in [2.24, 2.45) is 0 Å². The maximum atomic E-state index is 10.0. The molecule has 0 fully saturated rings. The Kier molecular flexibility index (Phi) is 5.44. The van der Waals surface area contributed by atoms with Crippen molar-refractivity contribution in [2.75, 3.05) is 13.2 Å². The molecule has 18 heavy (non-hydrogen) atoms. The van der Waals surface area contributed by atoms with Crippen LogP contribution in [-0.2, 0) is 22.7 Å². The van der Waals surface area contributed by atoms with E-state index in [1.165, 1.54) is 0 Å². The Hall–Kier alpha value is -1.26. The predicted octanol–water partition coefficient (Wildman–Crippen LogP) is 2.79. The Morgan fingerprint density at radius 1 is 0.778 bits per heavy atom. The topological polar surface area (TPSA) is 58.9 Å². The van der Waals surface area contributed by atoms with Crippen molar-refractivity contribution in [3.05, 3.63) is 22.3 Å². The summed E-state index contributed by atoms with van der Waals surface area (Å²) in [6, 6.07) is 0. The summed E-state index contributed by atoms with van der Waals surface area (Å²) >= 11 is 0. The summed E-state index contributed by atoms with van der Waals surface area (Å²) in [6.07, 6.45) is 0. The molecule has 1 rings (SSSR count). The zero-order valence-corrected chi connectivity index (χ0v) is 11.5. The molecule has 1 aromatic carbocycles. The molecule has 0 bridgehead atoms. The van der Waals surface area contributed by atoms with Crippen molar-refractivity contribution < 1.29 is 19.7 Å². The van der Waals surface area contributed by atoms with E-state index in [0.717, 1.165) is 11.1 Å². The van der Waals surface area contributed by atoms with E-state index >= 15 is 0 Å². The first-order valence-electron chi connectivity index (χ1n) is 6.22. The van der Waals surface area contributed by atoms with E-state index in [4.69, 9.17) is 9.47 Å². The van der Waals surface area contributed by atoms with Gasteiger partial charge in [0.05, 0.1) is 13.2 Å². The number of hydrogen-bond acceptors (Lipinski definition) is 4. The monoisotopic (exact) mass is 254 g/mol. The van der Waals surface area contributed by atoms with E-state index in [1.54, 1.807) is 0 Å². The molecule has 0 heterocycles. The lowest BCUT2D eigenvalue weighted by Gasteiger charge is -2.17. The lowest BCUT2D eigenvalue weighted by atomic mass is 9.96. The molecule has 0 aliphatic heterocycles. The van der Waals surface area contributed by atoms with Crippen LogP contribution in [0.3, 0.4) is 0 Å². The SMILES string of the molecule is CCOCc1c(C)c(C)c(COCC)c(O)c1O. The predicted molar refractivity (Wildman–Crippen MR) is 69.9 cm³/mol. The fraction of sp³-hybridized carbons (Fsp3) is 0.571. The summed E-state index contributed by atoms with van der Waals surface area (Å²) in [5.74, 6) is -0.192. The Bertz CT molecular complexity index is 345. The van der Waals surface area contributed by atoms with Crippen molar-refractivity contribution in [2.45, 2.75) is 40.9 Å². The standard InChI is InChI=1S/C14H22O4/c1-5-17-7-11-9(3)10(4)12(8-18-6-2)14(16)13(11)15/h15-16H,5-8H2,1-4H3. The van der Waals surface area contributed by atoms with Gasteiger partial charge >= 0.3 is 0 Å². The molecule has 0 atom stereocenters. The fourth-order valence-electron chi connectivity index (χ4n) is 1.86. The van der Waals surface area contributed by atoms with E-state index in [2.05, 4.69) is 0 Å². The summed E-state index contributed by atoms with van der Waals surface area (Å²) in [5, 5.41) is 20.0. The number of ether oxygens (including phenoxy) is 2. The van der Waals surface area contributed by atoms with Crippen LogP contribution in [0.1, 0.15) is 36.1 Å². The first kappa shape index (κ1) is 14.8. The van der Waals surface area contributed by atoms with Crippen molar-refractivity contribution in [3.8, 4) is 11.5 Å². The summed E-state index contributed by atoms with van der Waals surface area (Å²) in [7, 11) is 0. The molecule has 102 valence electrons. The minimum absolute atomic E-state index is 0.0961. The first-order chi connectivity index (χ1) is 8.54. The summed E-state index contributed by atoms with van der Waals surface area (Å²) in [4.78, 5) is 0. The molecule has 0 aromatic heterocycles. The molecule has 0 amide bonds. The van der Waals surface area contributed by atoms with Crippen molar-refractivity contribution in [1.82, 2.24) is 0 Å². The van der Waals surface area contributed by atoms with Gasteiger partial charge in [-0.15, -0.1) is 0 Å². The van der Waals surface area contributed by atoms with Crippen LogP contribution in [0.2, 0.25) is 0 Å². The molecule has 0 saturated heterocycles. The van der Waals surface area contributed by atoms with E-state index < -0.39 is 0 Å². The Balaban J connectivity index is 3.18. The highest BCUT2D eigenvalue weighted by Crippen LogP contribution is 2.38. The average molecular weight is 254 g/mol. The van der Waals surface area contributed by atoms with Crippen LogP contribution in [0, 0.1) is 13.8 Å². The number of rotatable bonds is 6. The molecule has 0 unspecified atom stereocenters. The van der Waals surface area contributed by atoms with Crippen LogP contribution in [0.4, 0.5) is 0 Å². The minimum atomic E-state index is -0.0961. The Morgan fingerprint density at radius 3 is 1.39 bits per heavy atom. The summed E-state index contributed by atoms with van der Waals surface area (Å²) in [5.41, 5.74) is 3.17. The van der Waals surface area contributed by atoms with Gasteiger partial charge in [-0.2, -0.15) is 0 Å². The number of hydrogen-bond donors (Lipinski definition) is 2. The number of phenols is 2. The maximum Gasteiger partial charge on any atom is 0.163 e. The van der Waals surface area contributed by atoms with Gasteiger partial charge in [0.1, 0.15) is 0 Å². The summed E-state index contributed by atoms with van der Waals surface area (Å²) in [6.45, 7) is 9.36. The van der Waals surface area contributed by atoms with Crippen molar-refractivity contribution >= 4 is 0 Å². The molecule has 2 N–H and O–H groups in total. The quantitative estimate of drug-likeness (QED) is 0.766. The summed E-state index contributed by atoms with van der Waals surface area (Å²) < 4.78 is 10.6. The third-order valence-corrected chi connectivity index (χ3v) is 3.16. The van der Waals surface area contributed by atoms with Crippen LogP contribution in [0.5, 0.6) is 11.5 Å². The highest BCUT2D eigenvalue weighted by atomic mass is 16.5. The number of aromatic hydroxyl groups is 2. The number of benzene rings is 1. The second-order valence-corrected chi connectivity index (χ2v) is 4.18. The van der Waals surface area contributed by atoms with Crippen LogP contribution in [0.25, 0.3) is 0 Å². The molecular formula is C14H22O4. The maximum absolute atomic E-state index is 10.0. The van der Waals surface area contributed by atoms with E-state index in [-0.39, 0.29) is 11.5 Å². The van der Waals surface area contributed by atoms with E-state index in [9.17, 15) is 10.2 Å². The highest BCUT2D eigenvalue weighted by molar-refractivity contribution is 5.57. The average Bonchev–Trinajstić information content (AvgIpc) is 2.37. The fourth-order valence-corrected chi connectivity index (χ4v) is 1.86. The molecule has 0 radical (unpaired) electrons. The highest BCUT2D eigenvalue weighted by Gasteiger charge is 2.18. The van der Waals surface area contributed by atoms with Crippen LogP contribution < -0.4 is 0 Å². The van der Waals surface area contributed by atoms with E-state index in [1.807, 2.05) is 27.7 Å². The van der Waals surface area contributed by atoms with Crippen molar-refractivity contribution in [1.29, 1.82) is 0 Å². The molecule has 4 heteroatoms. The van der Waals surface area contributed by atoms with Gasteiger partial charge in [0.2, 0.25) is 0 Å². The zero-order chi connectivity index (χ0) is 13.7. The second-order valence-electron chi connectivity index (χ2n) is 4.18.